The first-order valence-electron chi connectivity index (χ1n) is 10.8. The van der Waals surface area contributed by atoms with E-state index in [-0.39, 0.29) is 17.6 Å². The lowest BCUT2D eigenvalue weighted by Gasteiger charge is -2.49. The highest BCUT2D eigenvalue weighted by Crippen LogP contribution is 2.47. The molecule has 1 atom stereocenters. The lowest BCUT2D eigenvalue weighted by Crippen LogP contribution is -2.57. The zero-order valence-corrected chi connectivity index (χ0v) is 18.5. The van der Waals surface area contributed by atoms with Crippen molar-refractivity contribution in [3.8, 4) is 0 Å². The number of hydrogen-bond acceptors (Lipinski definition) is 5. The van der Waals surface area contributed by atoms with Gasteiger partial charge >= 0.3 is 0 Å². The van der Waals surface area contributed by atoms with E-state index >= 15 is 0 Å². The van der Waals surface area contributed by atoms with Crippen molar-refractivity contribution in [3.63, 3.8) is 0 Å². The first-order valence-corrected chi connectivity index (χ1v) is 12.5. The molecular formula is C23H26ClN3O2S. The Hall–Kier alpha value is -1.63. The molecule has 0 bridgehead atoms. The molecule has 1 spiro atoms. The Morgan fingerprint density at radius 2 is 1.97 bits per heavy atom. The van der Waals surface area contributed by atoms with Crippen molar-refractivity contribution in [1.82, 2.24) is 4.98 Å². The van der Waals surface area contributed by atoms with Crippen LogP contribution in [0.1, 0.15) is 36.0 Å². The minimum absolute atomic E-state index is 0.0912. The standard InChI is InChI=1S/C23H26ClN3O2S/c24-18-3-2-16-10-22(11-17(16)8-18)12-27(13-22)19-9-15-4-7-30(29)20(15)21(25-19)26-23(14-28)5-1-6-23/h2-3,8-9,28H,1,4-7,10-14H2,(H,25,26)/t30-/m0/s1. The fourth-order valence-electron chi connectivity index (χ4n) is 5.69. The molecule has 5 nitrogen and oxygen atoms in total. The molecule has 30 heavy (non-hydrogen) atoms. The summed E-state index contributed by atoms with van der Waals surface area (Å²) in [5, 5.41) is 14.2. The van der Waals surface area contributed by atoms with Crippen LogP contribution in [0.15, 0.2) is 29.2 Å². The molecule has 4 aliphatic rings. The van der Waals surface area contributed by atoms with E-state index in [1.807, 2.05) is 6.07 Å². The van der Waals surface area contributed by atoms with Gasteiger partial charge in [-0.1, -0.05) is 17.7 Å². The molecule has 1 aromatic heterocycles. The van der Waals surface area contributed by atoms with E-state index in [2.05, 4.69) is 28.4 Å². The molecule has 2 N–H and O–H groups in total. The maximum absolute atomic E-state index is 12.6. The van der Waals surface area contributed by atoms with Crippen LogP contribution in [0.4, 0.5) is 11.6 Å². The van der Waals surface area contributed by atoms with Gasteiger partial charge in [-0.25, -0.2) is 4.98 Å². The predicted molar refractivity (Wildman–Crippen MR) is 120 cm³/mol. The Morgan fingerprint density at radius 3 is 2.70 bits per heavy atom. The maximum Gasteiger partial charge on any atom is 0.145 e. The lowest BCUT2D eigenvalue weighted by atomic mass is 9.77. The molecule has 2 fully saturated rings. The minimum atomic E-state index is -1.00. The van der Waals surface area contributed by atoms with Crippen LogP contribution >= 0.6 is 11.6 Å². The Bertz CT molecular complexity index is 1060. The van der Waals surface area contributed by atoms with Crippen LogP contribution in [0.2, 0.25) is 5.02 Å². The average molecular weight is 444 g/mol. The van der Waals surface area contributed by atoms with Crippen molar-refractivity contribution in [3.05, 3.63) is 46.0 Å². The van der Waals surface area contributed by atoms with Gasteiger partial charge in [-0.2, -0.15) is 0 Å². The molecule has 2 aromatic rings. The summed E-state index contributed by atoms with van der Waals surface area (Å²) in [6.07, 6.45) is 5.99. The van der Waals surface area contributed by atoms with Gasteiger partial charge in [0.2, 0.25) is 0 Å². The maximum atomic E-state index is 12.6. The summed E-state index contributed by atoms with van der Waals surface area (Å²) in [5.41, 5.74) is 3.94. The number of nitrogens with one attached hydrogen (secondary N) is 1. The highest BCUT2D eigenvalue weighted by Gasteiger charge is 2.48. The van der Waals surface area contributed by atoms with Gasteiger partial charge in [0.05, 0.1) is 27.8 Å². The normalized spacial score (nSPS) is 24.9. The third-order valence-electron chi connectivity index (χ3n) is 7.49. The molecule has 7 heteroatoms. The van der Waals surface area contributed by atoms with E-state index < -0.39 is 10.8 Å². The van der Waals surface area contributed by atoms with Gasteiger partial charge in [0, 0.05) is 29.3 Å². The molecule has 1 saturated carbocycles. The fourth-order valence-corrected chi connectivity index (χ4v) is 7.26. The van der Waals surface area contributed by atoms with Crippen LogP contribution in [0.5, 0.6) is 0 Å². The summed E-state index contributed by atoms with van der Waals surface area (Å²) in [7, 11) is -1.00. The molecule has 1 aromatic carbocycles. The number of aliphatic hydroxyl groups is 1. The first kappa shape index (κ1) is 19.1. The quantitative estimate of drug-likeness (QED) is 0.758. The van der Waals surface area contributed by atoms with E-state index in [1.54, 1.807) is 0 Å². The molecule has 158 valence electrons. The largest absolute Gasteiger partial charge is 0.394 e. The smallest absolute Gasteiger partial charge is 0.145 e. The molecule has 0 unspecified atom stereocenters. The number of fused-ring (bicyclic) bond motifs is 2. The topological polar surface area (TPSA) is 65.5 Å². The summed E-state index contributed by atoms with van der Waals surface area (Å²) < 4.78 is 12.6. The highest BCUT2D eigenvalue weighted by atomic mass is 35.5. The second-order valence-corrected chi connectivity index (χ2v) is 11.6. The molecule has 0 amide bonds. The van der Waals surface area contributed by atoms with Gasteiger partial charge in [-0.3, -0.25) is 4.21 Å². The van der Waals surface area contributed by atoms with Crippen LogP contribution in [-0.2, 0) is 30.1 Å². The Labute approximate surface area is 184 Å². The van der Waals surface area contributed by atoms with Gasteiger partial charge in [-0.15, -0.1) is 0 Å². The van der Waals surface area contributed by atoms with Gasteiger partial charge in [0.1, 0.15) is 11.6 Å². The predicted octanol–water partition coefficient (Wildman–Crippen LogP) is 3.33. The van der Waals surface area contributed by atoms with Crippen LogP contribution < -0.4 is 10.2 Å². The number of benzene rings is 1. The summed E-state index contributed by atoms with van der Waals surface area (Å²) in [6, 6.07) is 8.43. The van der Waals surface area contributed by atoms with Crippen molar-refractivity contribution in [1.29, 1.82) is 0 Å². The van der Waals surface area contributed by atoms with E-state index in [0.717, 1.165) is 78.7 Å². The Kier molecular flexibility index (Phi) is 4.25. The van der Waals surface area contributed by atoms with Crippen LogP contribution in [0, 0.1) is 5.41 Å². The summed E-state index contributed by atoms with van der Waals surface area (Å²) in [4.78, 5) is 8.15. The molecule has 3 heterocycles. The number of pyridine rings is 1. The van der Waals surface area contributed by atoms with Crippen LogP contribution in [0.25, 0.3) is 0 Å². The van der Waals surface area contributed by atoms with Crippen LogP contribution in [0.3, 0.4) is 0 Å². The van der Waals surface area contributed by atoms with Gasteiger partial charge in [0.25, 0.3) is 0 Å². The molecule has 1 saturated heterocycles. The Morgan fingerprint density at radius 1 is 1.17 bits per heavy atom. The minimum Gasteiger partial charge on any atom is -0.394 e. The third kappa shape index (κ3) is 2.91. The number of aryl methyl sites for hydroxylation is 1. The van der Waals surface area contributed by atoms with Crippen molar-refractivity contribution >= 4 is 34.0 Å². The van der Waals surface area contributed by atoms with E-state index in [4.69, 9.17) is 16.6 Å². The second kappa shape index (κ2) is 6.68. The Balaban J connectivity index is 1.27. The van der Waals surface area contributed by atoms with Gasteiger partial charge in [-0.05, 0) is 73.4 Å². The summed E-state index contributed by atoms with van der Waals surface area (Å²) >= 11 is 6.20. The van der Waals surface area contributed by atoms with Crippen molar-refractivity contribution < 1.29 is 9.32 Å². The molecule has 0 radical (unpaired) electrons. The first-order chi connectivity index (χ1) is 14.5. The number of aliphatic hydroxyl groups excluding tert-OH is 1. The molecule has 2 aliphatic heterocycles. The second-order valence-electron chi connectivity index (χ2n) is 9.66. The SMILES string of the molecule is O=[S@]1CCc2cc(N3CC4(Cc5ccc(Cl)cc5C4)C3)nc(NC3(CO)CCC3)c21. The van der Waals surface area contributed by atoms with Crippen molar-refractivity contribution in [2.24, 2.45) is 5.41 Å². The van der Waals surface area contributed by atoms with Gasteiger partial charge in [0.15, 0.2) is 0 Å². The van der Waals surface area contributed by atoms with Crippen molar-refractivity contribution in [2.45, 2.75) is 49.0 Å². The van der Waals surface area contributed by atoms with Crippen molar-refractivity contribution in [2.75, 3.05) is 35.7 Å². The molecule has 6 rings (SSSR count). The number of anilines is 2. The third-order valence-corrected chi connectivity index (χ3v) is 9.21. The zero-order chi connectivity index (χ0) is 20.5. The highest BCUT2D eigenvalue weighted by molar-refractivity contribution is 7.85. The van der Waals surface area contributed by atoms with Crippen LogP contribution in [-0.4, -0.2) is 45.3 Å². The summed E-state index contributed by atoms with van der Waals surface area (Å²) in [5.74, 6) is 2.37. The van der Waals surface area contributed by atoms with E-state index in [1.165, 1.54) is 11.1 Å². The van der Waals surface area contributed by atoms with Gasteiger partial charge < -0.3 is 15.3 Å². The monoisotopic (exact) mass is 443 g/mol. The summed E-state index contributed by atoms with van der Waals surface area (Å²) in [6.45, 7) is 2.06. The molecule has 2 aliphatic carbocycles. The van der Waals surface area contributed by atoms with E-state index in [0.29, 0.717) is 5.75 Å². The fraction of sp³-hybridized carbons (Fsp3) is 0.522. The van der Waals surface area contributed by atoms with E-state index in [9.17, 15) is 9.32 Å². The average Bonchev–Trinajstić information content (AvgIpc) is 3.24. The number of hydrogen-bond donors (Lipinski definition) is 2. The lowest BCUT2D eigenvalue weighted by molar-refractivity contribution is 0.143. The number of nitrogens with zero attached hydrogens (tertiary/aromatic N) is 2. The number of halogens is 1. The molecular weight excluding hydrogens is 418 g/mol. The number of aromatic nitrogens is 1. The number of rotatable bonds is 4. The zero-order valence-electron chi connectivity index (χ0n) is 16.9.